The second-order valence-electron chi connectivity index (χ2n) is 1.02. The van der Waals surface area contributed by atoms with Crippen LogP contribution in [0.2, 0.25) is 0 Å². The molecule has 0 aromatic rings. The second-order valence-corrected chi connectivity index (χ2v) is 1.02. The predicted octanol–water partition coefficient (Wildman–Crippen LogP) is -0.382. The monoisotopic (exact) mass is 102 g/mol. The highest BCUT2D eigenvalue weighted by atomic mass is 16.4. The van der Waals surface area contributed by atoms with Crippen LogP contribution in [0.15, 0.2) is 12.7 Å². The van der Waals surface area contributed by atoms with Crippen LogP contribution in [0.5, 0.6) is 0 Å². The molecule has 0 aromatic carbocycles. The van der Waals surface area contributed by atoms with Gasteiger partial charge in [0.1, 0.15) is 0 Å². The molecule has 0 heterocycles. The highest BCUT2D eigenvalue weighted by molar-refractivity contribution is 5.73. The molecule has 1 atom stereocenters. The summed E-state index contributed by atoms with van der Waals surface area (Å²) in [5.74, 6) is -1.27. The zero-order valence-electron chi connectivity index (χ0n) is 3.66. The van der Waals surface area contributed by atoms with E-state index >= 15 is 0 Å². The minimum absolute atomic E-state index is 0.947. The van der Waals surface area contributed by atoms with Crippen molar-refractivity contribution in [1.82, 2.24) is 0 Å². The van der Waals surface area contributed by atoms with E-state index in [1.165, 1.54) is 0 Å². The number of hydrogen-bond acceptors (Lipinski definition) is 2. The molecule has 3 nitrogen and oxygen atoms in total. The van der Waals surface area contributed by atoms with Gasteiger partial charge in [0.2, 0.25) is 0 Å². The largest absolute Gasteiger partial charge is 0.479 e. The lowest BCUT2D eigenvalue weighted by atomic mass is 10.4. The Hall–Kier alpha value is -0.830. The first-order valence-corrected chi connectivity index (χ1v) is 1.72. The van der Waals surface area contributed by atoms with Crippen LogP contribution < -0.4 is 0 Å². The van der Waals surface area contributed by atoms with Gasteiger partial charge < -0.3 is 10.2 Å². The number of aliphatic hydroxyl groups excluding tert-OH is 1. The molecule has 0 fully saturated rings. The molecule has 0 amide bonds. The van der Waals surface area contributed by atoms with E-state index in [0.717, 1.165) is 6.08 Å². The average Bonchev–Trinajstić information content (AvgIpc) is 1.65. The van der Waals surface area contributed by atoms with Crippen LogP contribution in [0.25, 0.3) is 0 Å². The number of aliphatic hydroxyl groups is 1. The third kappa shape index (κ3) is 1.94. The standard InChI is InChI=1S/C4H6O3/c1-2-3(5)4(6)7/h2-3,5H,1H2,(H,6,7)/t3-/m1/s1. The van der Waals surface area contributed by atoms with Gasteiger partial charge in [-0.3, -0.25) is 0 Å². The second kappa shape index (κ2) is 2.36. The van der Waals surface area contributed by atoms with Crippen molar-refractivity contribution in [3.05, 3.63) is 12.7 Å². The van der Waals surface area contributed by atoms with Crippen molar-refractivity contribution in [2.45, 2.75) is 6.10 Å². The molecular formula is C4H6O3. The van der Waals surface area contributed by atoms with Crippen molar-refractivity contribution in [2.24, 2.45) is 0 Å². The number of carbonyl (C=O) groups is 1. The van der Waals surface area contributed by atoms with Gasteiger partial charge in [-0.05, 0) is 0 Å². The van der Waals surface area contributed by atoms with Crippen molar-refractivity contribution < 1.29 is 15.0 Å². The van der Waals surface area contributed by atoms with E-state index in [-0.39, 0.29) is 0 Å². The number of hydrogen-bond donors (Lipinski definition) is 2. The molecule has 0 saturated carbocycles. The van der Waals surface area contributed by atoms with Crippen molar-refractivity contribution in [3.8, 4) is 0 Å². The molecule has 0 aliphatic heterocycles. The topological polar surface area (TPSA) is 57.5 Å². The predicted molar refractivity (Wildman–Crippen MR) is 23.8 cm³/mol. The maximum atomic E-state index is 9.61. The van der Waals surface area contributed by atoms with Gasteiger partial charge in [-0.25, -0.2) is 4.79 Å². The Balaban J connectivity index is 3.55. The van der Waals surface area contributed by atoms with Gasteiger partial charge in [0, 0.05) is 0 Å². The van der Waals surface area contributed by atoms with Crippen LogP contribution in [-0.4, -0.2) is 22.3 Å². The lowest BCUT2D eigenvalue weighted by Gasteiger charge is -1.91. The molecule has 40 valence electrons. The molecule has 2 N–H and O–H groups in total. The average molecular weight is 102 g/mol. The molecule has 0 bridgehead atoms. The molecule has 0 radical (unpaired) electrons. The van der Waals surface area contributed by atoms with E-state index in [1.54, 1.807) is 0 Å². The molecular weight excluding hydrogens is 96.0 g/mol. The van der Waals surface area contributed by atoms with Crippen molar-refractivity contribution in [1.29, 1.82) is 0 Å². The summed E-state index contributed by atoms with van der Waals surface area (Å²) in [5.41, 5.74) is 0. The van der Waals surface area contributed by atoms with E-state index < -0.39 is 12.1 Å². The highest BCUT2D eigenvalue weighted by Gasteiger charge is 2.04. The Morgan fingerprint density at radius 3 is 2.29 bits per heavy atom. The maximum Gasteiger partial charge on any atom is 0.336 e. The molecule has 3 heteroatoms. The van der Waals surface area contributed by atoms with Gasteiger partial charge in [0.15, 0.2) is 6.10 Å². The summed E-state index contributed by atoms with van der Waals surface area (Å²) in [6.07, 6.45) is -0.470. The fraction of sp³-hybridized carbons (Fsp3) is 0.250. The Morgan fingerprint density at radius 2 is 2.29 bits per heavy atom. The quantitative estimate of drug-likeness (QED) is 0.467. The summed E-state index contributed by atoms with van der Waals surface area (Å²) in [6.45, 7) is 3.05. The Bertz CT molecular complexity index is 86.9. The zero-order chi connectivity index (χ0) is 5.86. The summed E-state index contributed by atoms with van der Waals surface area (Å²) >= 11 is 0. The lowest BCUT2D eigenvalue weighted by molar-refractivity contribution is -0.144. The van der Waals surface area contributed by atoms with Crippen LogP contribution in [0, 0.1) is 0 Å². The minimum atomic E-state index is -1.42. The fourth-order valence-electron chi connectivity index (χ4n) is 0.101. The van der Waals surface area contributed by atoms with Crippen LogP contribution >= 0.6 is 0 Å². The number of rotatable bonds is 2. The van der Waals surface area contributed by atoms with Crippen molar-refractivity contribution in [3.63, 3.8) is 0 Å². The first kappa shape index (κ1) is 6.17. The molecule has 0 rings (SSSR count). The molecule has 0 aliphatic carbocycles. The van der Waals surface area contributed by atoms with Gasteiger partial charge in [-0.2, -0.15) is 0 Å². The first-order chi connectivity index (χ1) is 3.18. The normalized spacial score (nSPS) is 12.7. The third-order valence-electron chi connectivity index (χ3n) is 0.476. The lowest BCUT2D eigenvalue weighted by Crippen LogP contribution is -2.15. The third-order valence-corrected chi connectivity index (χ3v) is 0.476. The molecule has 0 aliphatic rings. The van der Waals surface area contributed by atoms with E-state index in [9.17, 15) is 4.79 Å². The van der Waals surface area contributed by atoms with E-state index in [2.05, 4.69) is 6.58 Å². The molecule has 0 unspecified atom stereocenters. The summed E-state index contributed by atoms with van der Waals surface area (Å²) < 4.78 is 0. The zero-order valence-corrected chi connectivity index (χ0v) is 3.66. The number of carboxylic acids is 1. The van der Waals surface area contributed by atoms with Crippen LogP contribution in [0.4, 0.5) is 0 Å². The maximum absolute atomic E-state index is 9.61. The summed E-state index contributed by atoms with van der Waals surface area (Å²) in [4.78, 5) is 9.61. The Morgan fingerprint density at radius 1 is 1.86 bits per heavy atom. The molecule has 0 saturated heterocycles. The number of aliphatic carboxylic acids is 1. The SMILES string of the molecule is C=C[C@@H](O)C(=O)O. The highest BCUT2D eigenvalue weighted by Crippen LogP contribution is 1.79. The van der Waals surface area contributed by atoms with Crippen LogP contribution in [0.1, 0.15) is 0 Å². The summed E-state index contributed by atoms with van der Waals surface area (Å²) in [7, 11) is 0. The van der Waals surface area contributed by atoms with Crippen molar-refractivity contribution >= 4 is 5.97 Å². The number of carboxylic acid groups (broad SMARTS) is 1. The Kier molecular flexibility index (Phi) is 2.08. The fourth-order valence-corrected chi connectivity index (χ4v) is 0.101. The Labute approximate surface area is 40.9 Å². The summed E-state index contributed by atoms with van der Waals surface area (Å²) in [5, 5.41) is 16.1. The molecule has 0 spiro atoms. The van der Waals surface area contributed by atoms with E-state index in [0.29, 0.717) is 0 Å². The van der Waals surface area contributed by atoms with Gasteiger partial charge >= 0.3 is 5.97 Å². The first-order valence-electron chi connectivity index (χ1n) is 1.72. The van der Waals surface area contributed by atoms with Gasteiger partial charge in [-0.15, -0.1) is 0 Å². The minimum Gasteiger partial charge on any atom is -0.479 e. The molecule has 0 aromatic heterocycles. The van der Waals surface area contributed by atoms with Gasteiger partial charge in [-0.1, -0.05) is 12.7 Å². The van der Waals surface area contributed by atoms with Crippen LogP contribution in [-0.2, 0) is 4.79 Å². The summed E-state index contributed by atoms with van der Waals surface area (Å²) in [6, 6.07) is 0. The smallest absolute Gasteiger partial charge is 0.336 e. The van der Waals surface area contributed by atoms with Gasteiger partial charge in [0.25, 0.3) is 0 Å². The van der Waals surface area contributed by atoms with Gasteiger partial charge in [0.05, 0.1) is 0 Å². The van der Waals surface area contributed by atoms with Crippen LogP contribution in [0.3, 0.4) is 0 Å². The van der Waals surface area contributed by atoms with E-state index in [4.69, 9.17) is 10.2 Å². The molecule has 7 heavy (non-hydrogen) atoms. The van der Waals surface area contributed by atoms with E-state index in [1.807, 2.05) is 0 Å². The van der Waals surface area contributed by atoms with Crippen molar-refractivity contribution in [2.75, 3.05) is 0 Å².